The highest BCUT2D eigenvalue weighted by molar-refractivity contribution is 5.34. The van der Waals surface area contributed by atoms with Gasteiger partial charge in [-0.05, 0) is 30.1 Å². The molecule has 1 aliphatic carbocycles. The predicted molar refractivity (Wildman–Crippen MR) is 77.9 cm³/mol. The lowest BCUT2D eigenvalue weighted by Crippen LogP contribution is -2.39. The molecule has 0 radical (unpaired) electrons. The summed E-state index contributed by atoms with van der Waals surface area (Å²) in [5, 5.41) is 4.97. The lowest BCUT2D eigenvalue weighted by Gasteiger charge is -2.44. The standard InChI is InChI=1S/C12H18N2O2.CN4O/c1-11(2)4-10(14-9-16)5-12(3,6-11)7-13-8-15;2-4-5-3-1-6/h10H,4-7H2,1-3H3;. The van der Waals surface area contributed by atoms with Crippen LogP contribution in [0.25, 0.3) is 10.4 Å². The largest absolute Gasteiger partial charge is 0.376 e. The first-order valence-electron chi connectivity index (χ1n) is 6.54. The number of rotatable bonds is 4. The van der Waals surface area contributed by atoms with Crippen molar-refractivity contribution in [1.82, 2.24) is 0 Å². The van der Waals surface area contributed by atoms with E-state index in [0.717, 1.165) is 25.3 Å². The zero-order chi connectivity index (χ0) is 17.1. The second kappa shape index (κ2) is 9.40. The summed E-state index contributed by atoms with van der Waals surface area (Å²) in [5.41, 5.74) is 7.44. The minimum atomic E-state index is -0.0653. The molecule has 118 valence electrons. The smallest absolute Gasteiger partial charge is 0.211 e. The van der Waals surface area contributed by atoms with E-state index in [-0.39, 0.29) is 16.9 Å². The van der Waals surface area contributed by atoms with Gasteiger partial charge in [-0.25, -0.2) is 19.6 Å². The Kier molecular flexibility index (Phi) is 8.31. The molecule has 22 heavy (non-hydrogen) atoms. The van der Waals surface area contributed by atoms with Crippen LogP contribution in [0, 0.1) is 10.8 Å². The molecule has 2 unspecified atom stereocenters. The summed E-state index contributed by atoms with van der Waals surface area (Å²) in [6.07, 6.45) is 6.90. The normalized spacial score (nSPS) is 24.8. The van der Waals surface area contributed by atoms with Crippen molar-refractivity contribution in [1.29, 1.82) is 0 Å². The maximum Gasteiger partial charge on any atom is 0.376 e. The van der Waals surface area contributed by atoms with Crippen molar-refractivity contribution >= 4 is 18.2 Å². The molecule has 9 nitrogen and oxygen atoms in total. The summed E-state index contributed by atoms with van der Waals surface area (Å²) >= 11 is 0. The summed E-state index contributed by atoms with van der Waals surface area (Å²) < 4.78 is 0. The number of isocyanates is 3. The Hall–Kier alpha value is -2.55. The zero-order valence-corrected chi connectivity index (χ0v) is 12.8. The quantitative estimate of drug-likeness (QED) is 0.197. The molecule has 0 heterocycles. The zero-order valence-electron chi connectivity index (χ0n) is 12.8. The first-order chi connectivity index (χ1) is 10.3. The lowest BCUT2D eigenvalue weighted by molar-refractivity contribution is 0.0915. The van der Waals surface area contributed by atoms with Gasteiger partial charge in [0, 0.05) is 5.22 Å². The molecule has 1 fully saturated rings. The van der Waals surface area contributed by atoms with Gasteiger partial charge in [-0.1, -0.05) is 20.8 Å². The Bertz CT molecular complexity index is 548. The van der Waals surface area contributed by atoms with Crippen LogP contribution >= 0.6 is 0 Å². The van der Waals surface area contributed by atoms with Gasteiger partial charge in [-0.15, -0.1) is 5.53 Å². The molecule has 0 aromatic rings. The molecule has 0 saturated heterocycles. The van der Waals surface area contributed by atoms with E-state index < -0.39 is 0 Å². The molecule has 1 saturated carbocycles. The molecule has 0 aromatic heterocycles. The fourth-order valence-electron chi connectivity index (χ4n) is 3.13. The molecule has 2 atom stereocenters. The van der Waals surface area contributed by atoms with Crippen LogP contribution in [0.5, 0.6) is 0 Å². The van der Waals surface area contributed by atoms with Gasteiger partial charge < -0.3 is 0 Å². The fourth-order valence-corrected chi connectivity index (χ4v) is 3.13. The number of nitrogens with zero attached hydrogens (tertiary/aromatic N) is 6. The van der Waals surface area contributed by atoms with Crippen LogP contribution in [0.3, 0.4) is 0 Å². The average molecular weight is 306 g/mol. The van der Waals surface area contributed by atoms with Crippen LogP contribution in [0.15, 0.2) is 20.3 Å². The van der Waals surface area contributed by atoms with Crippen molar-refractivity contribution in [2.45, 2.75) is 46.1 Å². The predicted octanol–water partition coefficient (Wildman–Crippen LogP) is 2.79. The average Bonchev–Trinajstić information content (AvgIpc) is 2.42. The van der Waals surface area contributed by atoms with Gasteiger partial charge in [-0.2, -0.15) is 9.71 Å². The van der Waals surface area contributed by atoms with E-state index in [9.17, 15) is 9.59 Å². The van der Waals surface area contributed by atoms with E-state index in [1.165, 1.54) is 0 Å². The monoisotopic (exact) mass is 306 g/mol. The van der Waals surface area contributed by atoms with Crippen molar-refractivity contribution in [3.8, 4) is 0 Å². The van der Waals surface area contributed by atoms with Crippen LogP contribution in [-0.4, -0.2) is 30.8 Å². The van der Waals surface area contributed by atoms with Crippen molar-refractivity contribution in [2.75, 3.05) is 6.54 Å². The third-order valence-corrected chi connectivity index (χ3v) is 3.31. The molecule has 1 rings (SSSR count). The summed E-state index contributed by atoms with van der Waals surface area (Å²) in [7, 11) is 0. The van der Waals surface area contributed by atoms with Crippen molar-refractivity contribution in [3.05, 3.63) is 10.4 Å². The first-order valence-corrected chi connectivity index (χ1v) is 6.54. The molecular weight excluding hydrogens is 288 g/mol. The molecule has 0 aromatic carbocycles. The van der Waals surface area contributed by atoms with Crippen LogP contribution in [0.4, 0.5) is 0 Å². The lowest BCUT2D eigenvalue weighted by atomic mass is 9.63. The minimum absolute atomic E-state index is 0.00750. The molecule has 0 aliphatic heterocycles. The Balaban J connectivity index is 0.000000626. The summed E-state index contributed by atoms with van der Waals surface area (Å²) in [4.78, 5) is 39.2. The van der Waals surface area contributed by atoms with Crippen molar-refractivity contribution in [3.63, 3.8) is 0 Å². The number of hydrogen-bond acceptors (Lipinski definition) is 6. The van der Waals surface area contributed by atoms with E-state index >= 15 is 0 Å². The molecule has 0 spiro atoms. The SMILES string of the molecule is CC1(C)CC(N=C=O)CC(C)(CN=C=O)C1.[N-]=[N+]=NN=C=O. The van der Waals surface area contributed by atoms with E-state index in [1.54, 1.807) is 12.2 Å². The molecule has 0 bridgehead atoms. The van der Waals surface area contributed by atoms with Gasteiger partial charge >= 0.3 is 6.08 Å². The number of carbonyl (C=O) groups excluding carboxylic acids is 3. The highest BCUT2D eigenvalue weighted by Crippen LogP contribution is 2.47. The number of hydrogen-bond donors (Lipinski definition) is 0. The number of aliphatic imine (C=N–C) groups is 2. The molecule has 9 heteroatoms. The first kappa shape index (κ1) is 19.4. The topological polar surface area (TPSA) is 137 Å². The Morgan fingerprint density at radius 3 is 2.27 bits per heavy atom. The molecular formula is C13H18N6O3. The van der Waals surface area contributed by atoms with Gasteiger partial charge in [0.25, 0.3) is 0 Å². The number of azide groups is 1. The van der Waals surface area contributed by atoms with Gasteiger partial charge in [0.05, 0.1) is 17.7 Å². The second-order valence-electron chi connectivity index (χ2n) is 6.21. The Morgan fingerprint density at radius 1 is 1.14 bits per heavy atom. The fraction of sp³-hybridized carbons (Fsp3) is 0.769. The summed E-state index contributed by atoms with van der Waals surface area (Å²) in [5.74, 6) is 0. The van der Waals surface area contributed by atoms with Crippen molar-refractivity contribution in [2.24, 2.45) is 31.1 Å². The minimum Gasteiger partial charge on any atom is -0.211 e. The summed E-state index contributed by atoms with van der Waals surface area (Å²) in [6, 6.07) is 0.00750. The molecule has 0 amide bonds. The third-order valence-electron chi connectivity index (χ3n) is 3.31. The van der Waals surface area contributed by atoms with Gasteiger partial charge in [-0.3, -0.25) is 0 Å². The van der Waals surface area contributed by atoms with Crippen LogP contribution < -0.4 is 0 Å². The Morgan fingerprint density at radius 2 is 1.82 bits per heavy atom. The van der Waals surface area contributed by atoms with E-state index in [4.69, 9.17) is 10.3 Å². The summed E-state index contributed by atoms with van der Waals surface area (Å²) in [6.45, 7) is 6.86. The van der Waals surface area contributed by atoms with Crippen LogP contribution in [-0.2, 0) is 14.4 Å². The van der Waals surface area contributed by atoms with Gasteiger partial charge in [0.1, 0.15) is 0 Å². The third kappa shape index (κ3) is 7.90. The molecule has 1 aliphatic rings. The van der Waals surface area contributed by atoms with Crippen LogP contribution in [0.2, 0.25) is 0 Å². The maximum atomic E-state index is 10.3. The van der Waals surface area contributed by atoms with E-state index in [1.807, 2.05) is 0 Å². The second-order valence-corrected chi connectivity index (χ2v) is 6.21. The van der Waals surface area contributed by atoms with Gasteiger partial charge in [0.2, 0.25) is 12.2 Å². The van der Waals surface area contributed by atoms with Crippen molar-refractivity contribution < 1.29 is 14.4 Å². The van der Waals surface area contributed by atoms with Gasteiger partial charge in [0.15, 0.2) is 0 Å². The van der Waals surface area contributed by atoms with E-state index in [2.05, 4.69) is 46.0 Å². The maximum absolute atomic E-state index is 10.3. The van der Waals surface area contributed by atoms with Crippen LogP contribution in [0.1, 0.15) is 40.0 Å². The molecule has 0 N–H and O–H groups in total. The highest BCUT2D eigenvalue weighted by atomic mass is 16.1. The van der Waals surface area contributed by atoms with E-state index in [0.29, 0.717) is 6.54 Å². The Labute approximate surface area is 127 Å². The highest BCUT2D eigenvalue weighted by Gasteiger charge is 2.41.